The van der Waals surface area contributed by atoms with Crippen LogP contribution in [-0.2, 0) is 0 Å². The fraction of sp³-hybridized carbons (Fsp3) is 0.571. The van der Waals surface area contributed by atoms with Gasteiger partial charge in [0.25, 0.3) is 0 Å². The van der Waals surface area contributed by atoms with Crippen LogP contribution in [0.2, 0.25) is 0 Å². The summed E-state index contributed by atoms with van der Waals surface area (Å²) in [5.41, 5.74) is 2.83. The van der Waals surface area contributed by atoms with Crippen molar-refractivity contribution in [3.8, 4) is 0 Å². The van der Waals surface area contributed by atoms with Crippen molar-refractivity contribution < 1.29 is 0 Å². The first-order valence-electron chi connectivity index (χ1n) is 5.93. The lowest BCUT2D eigenvalue weighted by Gasteiger charge is -2.25. The quantitative estimate of drug-likeness (QED) is 0.773. The first kappa shape index (κ1) is 12.3. The summed E-state index contributed by atoms with van der Waals surface area (Å²) < 4.78 is 0. The minimum atomic E-state index is 0.492. The molecular formula is C14H23N. The van der Waals surface area contributed by atoms with E-state index in [1.54, 1.807) is 0 Å². The van der Waals surface area contributed by atoms with E-state index in [1.165, 1.54) is 24.0 Å². The van der Waals surface area contributed by atoms with Crippen LogP contribution in [0.1, 0.15) is 43.9 Å². The van der Waals surface area contributed by atoms with Crippen LogP contribution in [0.15, 0.2) is 24.3 Å². The van der Waals surface area contributed by atoms with Crippen LogP contribution in [0.5, 0.6) is 0 Å². The molecule has 1 aromatic carbocycles. The molecule has 0 heterocycles. The lowest BCUT2D eigenvalue weighted by atomic mass is 9.89. The van der Waals surface area contributed by atoms with Crippen molar-refractivity contribution in [1.82, 2.24) is 5.32 Å². The zero-order valence-electron chi connectivity index (χ0n) is 10.4. The van der Waals surface area contributed by atoms with Gasteiger partial charge in [-0.05, 0) is 37.4 Å². The molecule has 0 aliphatic heterocycles. The molecule has 0 aliphatic carbocycles. The molecular weight excluding hydrogens is 182 g/mol. The summed E-state index contributed by atoms with van der Waals surface area (Å²) in [6, 6.07) is 9.16. The van der Waals surface area contributed by atoms with Gasteiger partial charge in [-0.15, -0.1) is 0 Å². The van der Waals surface area contributed by atoms with Gasteiger partial charge in [0, 0.05) is 6.04 Å². The molecule has 0 bridgehead atoms. The summed E-state index contributed by atoms with van der Waals surface area (Å²) in [6.45, 7) is 6.77. The minimum absolute atomic E-state index is 0.492. The van der Waals surface area contributed by atoms with Gasteiger partial charge in [0.2, 0.25) is 0 Å². The number of benzene rings is 1. The zero-order chi connectivity index (χ0) is 11.3. The predicted octanol–water partition coefficient (Wildman–Crippen LogP) is 3.69. The maximum atomic E-state index is 3.44. The molecule has 84 valence electrons. The van der Waals surface area contributed by atoms with Crippen LogP contribution in [0.4, 0.5) is 0 Å². The van der Waals surface area contributed by atoms with Crippen LogP contribution < -0.4 is 5.32 Å². The Morgan fingerprint density at radius 2 is 1.93 bits per heavy atom. The van der Waals surface area contributed by atoms with Crippen molar-refractivity contribution in [3.05, 3.63) is 35.4 Å². The predicted molar refractivity (Wildman–Crippen MR) is 67.1 cm³/mol. The fourth-order valence-electron chi connectivity index (χ4n) is 2.30. The smallest absolute Gasteiger partial charge is 0.0346 e. The van der Waals surface area contributed by atoms with Crippen LogP contribution in [-0.4, -0.2) is 7.05 Å². The number of hydrogen-bond acceptors (Lipinski definition) is 1. The molecule has 0 radical (unpaired) electrons. The van der Waals surface area contributed by atoms with Gasteiger partial charge < -0.3 is 5.32 Å². The van der Waals surface area contributed by atoms with E-state index in [9.17, 15) is 0 Å². The van der Waals surface area contributed by atoms with Crippen LogP contribution in [0.25, 0.3) is 0 Å². The first-order chi connectivity index (χ1) is 7.20. The van der Waals surface area contributed by atoms with Crippen molar-refractivity contribution in [2.75, 3.05) is 7.05 Å². The van der Waals surface area contributed by atoms with Crippen molar-refractivity contribution in [2.24, 2.45) is 5.92 Å². The monoisotopic (exact) mass is 205 g/mol. The molecule has 1 N–H and O–H groups in total. The third kappa shape index (κ3) is 3.07. The van der Waals surface area contributed by atoms with Gasteiger partial charge in [-0.25, -0.2) is 0 Å². The number of hydrogen-bond donors (Lipinski definition) is 1. The van der Waals surface area contributed by atoms with Gasteiger partial charge >= 0.3 is 0 Å². The summed E-state index contributed by atoms with van der Waals surface area (Å²) in [7, 11) is 2.06. The Labute approximate surface area is 93.9 Å². The molecule has 0 fully saturated rings. The van der Waals surface area contributed by atoms with Crippen molar-refractivity contribution in [1.29, 1.82) is 0 Å². The summed E-state index contributed by atoms with van der Waals surface area (Å²) in [6.07, 6.45) is 2.53. The second-order valence-electron chi connectivity index (χ2n) is 4.39. The van der Waals surface area contributed by atoms with Crippen molar-refractivity contribution >= 4 is 0 Å². The zero-order valence-corrected chi connectivity index (χ0v) is 10.4. The average Bonchev–Trinajstić information content (AvgIpc) is 2.22. The third-order valence-corrected chi connectivity index (χ3v) is 3.15. The highest BCUT2D eigenvalue weighted by Gasteiger charge is 2.17. The van der Waals surface area contributed by atoms with E-state index in [0.717, 1.165) is 0 Å². The summed E-state index contributed by atoms with van der Waals surface area (Å²) in [5, 5.41) is 3.44. The van der Waals surface area contributed by atoms with E-state index in [0.29, 0.717) is 12.0 Å². The van der Waals surface area contributed by atoms with Gasteiger partial charge in [0.15, 0.2) is 0 Å². The Kier molecular flexibility index (Phi) is 4.83. The maximum Gasteiger partial charge on any atom is 0.0346 e. The number of nitrogens with one attached hydrogen (secondary N) is 1. The molecule has 1 aromatic rings. The molecule has 0 saturated heterocycles. The SMILES string of the molecule is CCCC(C)C(NC)c1ccccc1C. The molecule has 1 nitrogen and oxygen atoms in total. The Balaban J connectivity index is 2.87. The Bertz CT molecular complexity index is 293. The van der Waals surface area contributed by atoms with E-state index < -0.39 is 0 Å². The van der Waals surface area contributed by atoms with Gasteiger partial charge in [-0.3, -0.25) is 0 Å². The molecule has 0 amide bonds. The Morgan fingerprint density at radius 3 is 2.47 bits per heavy atom. The highest BCUT2D eigenvalue weighted by Crippen LogP contribution is 2.27. The summed E-state index contributed by atoms with van der Waals surface area (Å²) >= 11 is 0. The lowest BCUT2D eigenvalue weighted by Crippen LogP contribution is -2.24. The van der Waals surface area contributed by atoms with Gasteiger partial charge in [0.1, 0.15) is 0 Å². The van der Waals surface area contributed by atoms with E-state index in [4.69, 9.17) is 0 Å². The molecule has 1 heteroatoms. The molecule has 2 atom stereocenters. The Morgan fingerprint density at radius 1 is 1.27 bits per heavy atom. The van der Waals surface area contributed by atoms with Gasteiger partial charge in [-0.1, -0.05) is 44.5 Å². The molecule has 0 saturated carbocycles. The van der Waals surface area contributed by atoms with Crippen LogP contribution in [0, 0.1) is 12.8 Å². The Hall–Kier alpha value is -0.820. The fourth-order valence-corrected chi connectivity index (χ4v) is 2.30. The molecule has 1 rings (SSSR count). The second-order valence-corrected chi connectivity index (χ2v) is 4.39. The first-order valence-corrected chi connectivity index (χ1v) is 5.93. The third-order valence-electron chi connectivity index (χ3n) is 3.15. The molecule has 15 heavy (non-hydrogen) atoms. The molecule has 0 spiro atoms. The van der Waals surface area contributed by atoms with E-state index >= 15 is 0 Å². The normalized spacial score (nSPS) is 14.9. The van der Waals surface area contributed by atoms with Crippen LogP contribution in [0.3, 0.4) is 0 Å². The maximum absolute atomic E-state index is 3.44. The van der Waals surface area contributed by atoms with Gasteiger partial charge in [0.05, 0.1) is 0 Å². The second kappa shape index (κ2) is 5.92. The molecule has 0 aromatic heterocycles. The highest BCUT2D eigenvalue weighted by molar-refractivity contribution is 5.29. The van der Waals surface area contributed by atoms with E-state index in [-0.39, 0.29) is 0 Å². The summed E-state index contributed by atoms with van der Waals surface area (Å²) in [5.74, 6) is 0.695. The molecule has 2 unspecified atom stereocenters. The van der Waals surface area contributed by atoms with E-state index in [1.807, 2.05) is 0 Å². The van der Waals surface area contributed by atoms with E-state index in [2.05, 4.69) is 57.4 Å². The largest absolute Gasteiger partial charge is 0.313 e. The molecule has 0 aliphatic rings. The lowest BCUT2D eigenvalue weighted by molar-refractivity contribution is 0.383. The van der Waals surface area contributed by atoms with Crippen molar-refractivity contribution in [3.63, 3.8) is 0 Å². The standard InChI is InChI=1S/C14H23N/c1-5-8-12(3)14(15-4)13-10-7-6-9-11(13)2/h6-7,9-10,12,14-15H,5,8H2,1-4H3. The minimum Gasteiger partial charge on any atom is -0.313 e. The topological polar surface area (TPSA) is 12.0 Å². The van der Waals surface area contributed by atoms with Gasteiger partial charge in [-0.2, -0.15) is 0 Å². The number of rotatable bonds is 5. The number of aryl methyl sites for hydroxylation is 1. The average molecular weight is 205 g/mol. The summed E-state index contributed by atoms with van der Waals surface area (Å²) in [4.78, 5) is 0. The van der Waals surface area contributed by atoms with Crippen molar-refractivity contribution in [2.45, 2.75) is 39.7 Å². The highest BCUT2D eigenvalue weighted by atomic mass is 14.9. The van der Waals surface area contributed by atoms with Crippen LogP contribution >= 0.6 is 0 Å².